The summed E-state index contributed by atoms with van der Waals surface area (Å²) < 4.78 is 10.6. The highest BCUT2D eigenvalue weighted by atomic mass is 16.5. The molecule has 0 aliphatic heterocycles. The Morgan fingerprint density at radius 1 is 0.939 bits per heavy atom. The van der Waals surface area contributed by atoms with Crippen molar-refractivity contribution in [2.75, 3.05) is 19.5 Å². The fraction of sp³-hybridized carbons (Fsp3) is 0.192. The number of rotatable bonds is 8. The number of nitrogens with zero attached hydrogens (tertiary/aromatic N) is 2. The molecule has 1 heterocycles. The van der Waals surface area contributed by atoms with Gasteiger partial charge in [0, 0.05) is 29.2 Å². The van der Waals surface area contributed by atoms with Crippen LogP contribution < -0.4 is 20.1 Å². The van der Waals surface area contributed by atoms with E-state index in [0.29, 0.717) is 22.8 Å². The van der Waals surface area contributed by atoms with E-state index in [1.165, 1.54) is 5.56 Å². The van der Waals surface area contributed by atoms with Crippen LogP contribution in [0.15, 0.2) is 66.7 Å². The molecular formula is C26H26N4O3. The first-order chi connectivity index (χ1) is 16.1. The molecule has 0 aliphatic carbocycles. The molecule has 0 fully saturated rings. The van der Waals surface area contributed by atoms with Crippen LogP contribution >= 0.6 is 0 Å². The van der Waals surface area contributed by atoms with E-state index in [9.17, 15) is 4.79 Å². The summed E-state index contributed by atoms with van der Waals surface area (Å²) in [7, 11) is 3.18. The number of fused-ring (bicyclic) bond motifs is 1. The Hall–Kier alpha value is -4.13. The van der Waals surface area contributed by atoms with Crippen LogP contribution in [0.2, 0.25) is 0 Å². The molecule has 1 aromatic heterocycles. The molecule has 4 rings (SSSR count). The first-order valence-corrected chi connectivity index (χ1v) is 10.7. The van der Waals surface area contributed by atoms with Crippen molar-refractivity contribution in [3.8, 4) is 11.5 Å². The number of anilines is 2. The number of carbonyl (C=O) groups excluding carboxylic acids is 1. The molecule has 33 heavy (non-hydrogen) atoms. The van der Waals surface area contributed by atoms with Crippen LogP contribution in [0.1, 0.15) is 28.7 Å². The highest BCUT2D eigenvalue weighted by Crippen LogP contribution is 2.26. The van der Waals surface area contributed by atoms with E-state index in [1.54, 1.807) is 20.3 Å². The Labute approximate surface area is 192 Å². The fourth-order valence-corrected chi connectivity index (χ4v) is 3.49. The zero-order valence-electron chi connectivity index (χ0n) is 18.9. The summed E-state index contributed by atoms with van der Waals surface area (Å²) in [6.45, 7) is 2.39. The number of amides is 1. The lowest BCUT2D eigenvalue weighted by atomic mass is 10.1. The number of carbonyl (C=O) groups is 1. The van der Waals surface area contributed by atoms with Gasteiger partial charge in [-0.15, -0.1) is 0 Å². The predicted molar refractivity (Wildman–Crippen MR) is 129 cm³/mol. The second kappa shape index (κ2) is 9.99. The Morgan fingerprint density at radius 3 is 2.45 bits per heavy atom. The van der Waals surface area contributed by atoms with Crippen LogP contribution in [0.4, 0.5) is 11.5 Å². The van der Waals surface area contributed by atoms with Crippen molar-refractivity contribution < 1.29 is 14.3 Å². The van der Waals surface area contributed by atoms with Gasteiger partial charge in [-0.1, -0.05) is 31.2 Å². The van der Waals surface area contributed by atoms with Crippen LogP contribution in [0.3, 0.4) is 0 Å². The van der Waals surface area contributed by atoms with Gasteiger partial charge >= 0.3 is 0 Å². The minimum absolute atomic E-state index is 0.0915. The van der Waals surface area contributed by atoms with E-state index >= 15 is 0 Å². The lowest BCUT2D eigenvalue weighted by Gasteiger charge is -2.13. The van der Waals surface area contributed by atoms with Gasteiger partial charge in [0.25, 0.3) is 5.91 Å². The Kier molecular flexibility index (Phi) is 6.69. The Morgan fingerprint density at radius 2 is 1.73 bits per heavy atom. The van der Waals surface area contributed by atoms with Crippen LogP contribution in [0, 0.1) is 0 Å². The normalized spacial score (nSPS) is 10.6. The Balaban J connectivity index is 1.59. The quantitative estimate of drug-likeness (QED) is 0.404. The summed E-state index contributed by atoms with van der Waals surface area (Å²) in [6.07, 6.45) is 0.972. The number of nitrogens with one attached hydrogen (secondary N) is 2. The summed E-state index contributed by atoms with van der Waals surface area (Å²) in [6, 6.07) is 21.2. The second-order valence-corrected chi connectivity index (χ2v) is 7.45. The number of aryl methyl sites for hydroxylation is 1. The molecule has 0 saturated carbocycles. The van der Waals surface area contributed by atoms with Crippen molar-refractivity contribution >= 4 is 28.3 Å². The molecule has 1 amide bonds. The average molecular weight is 443 g/mol. The highest BCUT2D eigenvalue weighted by molar-refractivity contribution is 5.97. The van der Waals surface area contributed by atoms with E-state index in [1.807, 2.05) is 48.5 Å². The summed E-state index contributed by atoms with van der Waals surface area (Å²) >= 11 is 0. The standard InChI is InChI=1S/C26H26N4O3/c1-4-17-9-12-19(13-10-17)28-24-21-7-5-6-8-22(21)29-25(30-24)26(31)27-16-18-11-14-20(32-2)15-23(18)33-3/h5-15H,4,16H2,1-3H3,(H,27,31)(H,28,29,30). The lowest BCUT2D eigenvalue weighted by molar-refractivity contribution is 0.0940. The second-order valence-electron chi connectivity index (χ2n) is 7.45. The number of benzene rings is 3. The molecule has 0 atom stereocenters. The molecule has 0 saturated heterocycles. The zero-order chi connectivity index (χ0) is 23.2. The van der Waals surface area contributed by atoms with Crippen molar-refractivity contribution in [3.63, 3.8) is 0 Å². The first-order valence-electron chi connectivity index (χ1n) is 10.7. The number of aromatic nitrogens is 2. The van der Waals surface area contributed by atoms with Crippen molar-refractivity contribution in [2.24, 2.45) is 0 Å². The average Bonchev–Trinajstić information content (AvgIpc) is 2.87. The van der Waals surface area contributed by atoms with Gasteiger partial charge in [-0.25, -0.2) is 9.97 Å². The molecule has 4 aromatic rings. The third-order valence-electron chi connectivity index (χ3n) is 5.36. The van der Waals surface area contributed by atoms with Gasteiger partial charge in [-0.05, 0) is 48.4 Å². The SMILES string of the molecule is CCc1ccc(Nc2nc(C(=O)NCc3ccc(OC)cc3OC)nc3ccccc23)cc1. The van der Waals surface area contributed by atoms with E-state index in [-0.39, 0.29) is 18.3 Å². The molecular weight excluding hydrogens is 416 g/mol. The molecule has 3 aromatic carbocycles. The number of hydrogen-bond acceptors (Lipinski definition) is 6. The lowest BCUT2D eigenvalue weighted by Crippen LogP contribution is -2.25. The number of methoxy groups -OCH3 is 2. The van der Waals surface area contributed by atoms with Crippen molar-refractivity contribution in [2.45, 2.75) is 19.9 Å². The number of para-hydroxylation sites is 1. The number of hydrogen-bond donors (Lipinski definition) is 2. The van der Waals surface area contributed by atoms with Gasteiger partial charge in [0.2, 0.25) is 5.82 Å². The van der Waals surface area contributed by atoms with Gasteiger partial charge in [-0.3, -0.25) is 4.79 Å². The van der Waals surface area contributed by atoms with Gasteiger partial charge in [-0.2, -0.15) is 0 Å². The minimum Gasteiger partial charge on any atom is -0.497 e. The molecule has 7 nitrogen and oxygen atoms in total. The topological polar surface area (TPSA) is 85.4 Å². The molecule has 0 bridgehead atoms. The van der Waals surface area contributed by atoms with Gasteiger partial charge in [0.05, 0.1) is 19.7 Å². The van der Waals surface area contributed by atoms with Crippen LogP contribution in [0.5, 0.6) is 11.5 Å². The summed E-state index contributed by atoms with van der Waals surface area (Å²) in [5.41, 5.74) is 3.65. The molecule has 0 unspecified atom stereocenters. The third-order valence-corrected chi connectivity index (χ3v) is 5.36. The Bertz CT molecular complexity index is 1270. The maximum Gasteiger partial charge on any atom is 0.289 e. The van der Waals surface area contributed by atoms with Gasteiger partial charge in [0.1, 0.15) is 17.3 Å². The summed E-state index contributed by atoms with van der Waals surface area (Å²) in [5, 5.41) is 7.06. The van der Waals surface area contributed by atoms with Crippen LogP contribution in [0.25, 0.3) is 10.9 Å². The van der Waals surface area contributed by atoms with Crippen molar-refractivity contribution in [1.82, 2.24) is 15.3 Å². The van der Waals surface area contributed by atoms with Crippen LogP contribution in [-0.2, 0) is 13.0 Å². The van der Waals surface area contributed by atoms with E-state index in [4.69, 9.17) is 9.47 Å². The smallest absolute Gasteiger partial charge is 0.289 e. The minimum atomic E-state index is -0.372. The summed E-state index contributed by atoms with van der Waals surface area (Å²) in [5.74, 6) is 1.61. The predicted octanol–water partition coefficient (Wildman–Crippen LogP) is 4.88. The first kappa shape index (κ1) is 22.1. The van der Waals surface area contributed by atoms with E-state index in [0.717, 1.165) is 23.1 Å². The van der Waals surface area contributed by atoms with E-state index in [2.05, 4.69) is 39.7 Å². The van der Waals surface area contributed by atoms with E-state index < -0.39 is 0 Å². The maximum atomic E-state index is 12.9. The monoisotopic (exact) mass is 442 g/mol. The zero-order valence-corrected chi connectivity index (χ0v) is 18.9. The molecule has 0 aliphatic rings. The van der Waals surface area contributed by atoms with Gasteiger partial charge in [0.15, 0.2) is 0 Å². The molecule has 168 valence electrons. The van der Waals surface area contributed by atoms with Crippen molar-refractivity contribution in [1.29, 1.82) is 0 Å². The van der Waals surface area contributed by atoms with Crippen molar-refractivity contribution in [3.05, 3.63) is 83.7 Å². The maximum absolute atomic E-state index is 12.9. The van der Waals surface area contributed by atoms with Crippen LogP contribution in [-0.4, -0.2) is 30.1 Å². The molecule has 7 heteroatoms. The number of ether oxygens (including phenoxy) is 2. The largest absolute Gasteiger partial charge is 0.497 e. The third kappa shape index (κ3) is 5.03. The summed E-state index contributed by atoms with van der Waals surface area (Å²) in [4.78, 5) is 22.0. The highest BCUT2D eigenvalue weighted by Gasteiger charge is 2.15. The molecule has 0 spiro atoms. The molecule has 0 radical (unpaired) electrons. The van der Waals surface area contributed by atoms with Gasteiger partial charge < -0.3 is 20.1 Å². The fourth-order valence-electron chi connectivity index (χ4n) is 3.49. The molecule has 2 N–H and O–H groups in total.